The number of hydrogen-bond donors (Lipinski definition) is 2. The minimum absolute atomic E-state index is 0.572. The summed E-state index contributed by atoms with van der Waals surface area (Å²) in [6.07, 6.45) is 4.69. The van der Waals surface area contributed by atoms with Crippen molar-refractivity contribution in [1.29, 1.82) is 0 Å². The summed E-state index contributed by atoms with van der Waals surface area (Å²) in [5, 5.41) is 6.65. The molecule has 2 aromatic heterocycles. The van der Waals surface area contributed by atoms with Crippen molar-refractivity contribution in [3.8, 4) is 0 Å². The van der Waals surface area contributed by atoms with E-state index in [-0.39, 0.29) is 0 Å². The third-order valence-corrected chi connectivity index (χ3v) is 3.87. The summed E-state index contributed by atoms with van der Waals surface area (Å²) in [4.78, 5) is 13.3. The molecule has 130 valence electrons. The molecule has 0 bridgehead atoms. The summed E-state index contributed by atoms with van der Waals surface area (Å²) in [5.41, 5.74) is 3.18. The summed E-state index contributed by atoms with van der Waals surface area (Å²) >= 11 is 0. The number of rotatable bonds is 7. The van der Waals surface area contributed by atoms with Gasteiger partial charge in [0, 0.05) is 25.8 Å². The lowest BCUT2D eigenvalue weighted by molar-refractivity contribution is 0.637. The van der Waals surface area contributed by atoms with Crippen LogP contribution in [0.5, 0.6) is 0 Å². The van der Waals surface area contributed by atoms with Crippen LogP contribution >= 0.6 is 0 Å². The molecular formula is C19H24N6. The lowest BCUT2D eigenvalue weighted by Gasteiger charge is -2.11. The van der Waals surface area contributed by atoms with Gasteiger partial charge in [-0.15, -0.1) is 0 Å². The average molecular weight is 336 g/mol. The normalized spacial score (nSPS) is 11.6. The Balaban J connectivity index is 1.50. The molecule has 0 saturated heterocycles. The van der Waals surface area contributed by atoms with E-state index in [1.54, 1.807) is 6.20 Å². The maximum absolute atomic E-state index is 4.58. The smallest absolute Gasteiger partial charge is 0.191 e. The van der Waals surface area contributed by atoms with Gasteiger partial charge >= 0.3 is 0 Å². The largest absolute Gasteiger partial charge is 0.357 e. The molecule has 2 heterocycles. The predicted molar refractivity (Wildman–Crippen MR) is 101 cm³/mol. The van der Waals surface area contributed by atoms with E-state index in [1.807, 2.05) is 42.7 Å². The van der Waals surface area contributed by atoms with Gasteiger partial charge in [0.05, 0.1) is 29.6 Å². The second-order valence-electron chi connectivity index (χ2n) is 5.72. The molecule has 0 amide bonds. The Morgan fingerprint density at radius 2 is 1.96 bits per heavy atom. The van der Waals surface area contributed by atoms with Crippen molar-refractivity contribution in [3.05, 3.63) is 60.7 Å². The fourth-order valence-corrected chi connectivity index (χ4v) is 2.64. The third-order valence-electron chi connectivity index (χ3n) is 3.87. The standard InChI is InChI=1S/C19H24N6/c1-2-20-19(23-14-16-8-5-6-11-21-16)22-12-7-13-25-15-24-17-9-3-4-10-18(17)25/h3-6,8-11,15H,2,7,12-14H2,1H3,(H2,20,22,23). The van der Waals surface area contributed by atoms with Crippen molar-refractivity contribution in [1.82, 2.24) is 25.2 Å². The molecule has 6 nitrogen and oxygen atoms in total. The number of benzene rings is 1. The number of pyridine rings is 1. The zero-order valence-electron chi connectivity index (χ0n) is 14.5. The molecule has 25 heavy (non-hydrogen) atoms. The molecule has 3 rings (SSSR count). The van der Waals surface area contributed by atoms with Crippen molar-refractivity contribution >= 4 is 17.0 Å². The van der Waals surface area contributed by atoms with Gasteiger partial charge in [0.1, 0.15) is 0 Å². The first kappa shape index (κ1) is 17.0. The molecule has 3 aromatic rings. The minimum Gasteiger partial charge on any atom is -0.357 e. The Morgan fingerprint density at radius 3 is 2.80 bits per heavy atom. The van der Waals surface area contributed by atoms with Crippen molar-refractivity contribution in [2.45, 2.75) is 26.4 Å². The van der Waals surface area contributed by atoms with Crippen LogP contribution in [-0.4, -0.2) is 33.6 Å². The highest BCUT2D eigenvalue weighted by Crippen LogP contribution is 2.11. The van der Waals surface area contributed by atoms with E-state index in [1.165, 1.54) is 5.52 Å². The van der Waals surface area contributed by atoms with Gasteiger partial charge in [-0.2, -0.15) is 0 Å². The first-order chi connectivity index (χ1) is 12.4. The van der Waals surface area contributed by atoms with Gasteiger partial charge in [-0.3, -0.25) is 4.98 Å². The van der Waals surface area contributed by atoms with Crippen LogP contribution in [0.1, 0.15) is 19.0 Å². The van der Waals surface area contributed by atoms with Crippen molar-refractivity contribution in [2.24, 2.45) is 4.99 Å². The van der Waals surface area contributed by atoms with E-state index in [9.17, 15) is 0 Å². The topological polar surface area (TPSA) is 67.1 Å². The molecule has 1 aromatic carbocycles. The second-order valence-corrected chi connectivity index (χ2v) is 5.72. The Bertz CT molecular complexity index is 809. The van der Waals surface area contributed by atoms with E-state index in [0.29, 0.717) is 6.54 Å². The van der Waals surface area contributed by atoms with Crippen LogP contribution in [0.2, 0.25) is 0 Å². The Labute approximate surface area is 148 Å². The van der Waals surface area contributed by atoms with Gasteiger partial charge in [0.15, 0.2) is 5.96 Å². The number of aliphatic imine (C=N–C) groups is 1. The molecule has 6 heteroatoms. The Hall–Kier alpha value is -2.89. The molecule has 0 aliphatic rings. The van der Waals surface area contributed by atoms with Crippen molar-refractivity contribution in [3.63, 3.8) is 0 Å². The molecule has 0 atom stereocenters. The first-order valence-corrected chi connectivity index (χ1v) is 8.69. The molecule has 0 aliphatic carbocycles. The molecule has 0 spiro atoms. The zero-order chi connectivity index (χ0) is 17.3. The molecule has 0 unspecified atom stereocenters. The summed E-state index contributed by atoms with van der Waals surface area (Å²) < 4.78 is 2.19. The Kier molecular flexibility index (Phi) is 5.98. The van der Waals surface area contributed by atoms with E-state index < -0.39 is 0 Å². The number of nitrogens with one attached hydrogen (secondary N) is 2. The molecule has 0 radical (unpaired) electrons. The van der Waals surface area contributed by atoms with Gasteiger partial charge in [0.25, 0.3) is 0 Å². The second kappa shape index (κ2) is 8.82. The number of guanidine groups is 1. The van der Waals surface area contributed by atoms with Gasteiger partial charge in [-0.25, -0.2) is 9.98 Å². The van der Waals surface area contributed by atoms with E-state index >= 15 is 0 Å². The van der Waals surface area contributed by atoms with Crippen LogP contribution < -0.4 is 10.6 Å². The van der Waals surface area contributed by atoms with Crippen LogP contribution in [0.4, 0.5) is 0 Å². The lowest BCUT2D eigenvalue weighted by Crippen LogP contribution is -2.38. The van der Waals surface area contributed by atoms with Crippen LogP contribution in [0, 0.1) is 0 Å². The van der Waals surface area contributed by atoms with Crippen LogP contribution in [0.3, 0.4) is 0 Å². The zero-order valence-corrected chi connectivity index (χ0v) is 14.5. The number of nitrogens with zero attached hydrogens (tertiary/aromatic N) is 4. The SMILES string of the molecule is CCNC(=NCc1ccccn1)NCCCn1cnc2ccccc21. The first-order valence-electron chi connectivity index (χ1n) is 8.69. The van der Waals surface area contributed by atoms with E-state index in [0.717, 1.165) is 43.2 Å². The number of imidazole rings is 1. The van der Waals surface area contributed by atoms with Gasteiger partial charge in [0.2, 0.25) is 0 Å². The quantitative estimate of drug-likeness (QED) is 0.395. The van der Waals surface area contributed by atoms with E-state index in [4.69, 9.17) is 0 Å². The maximum atomic E-state index is 4.58. The van der Waals surface area contributed by atoms with E-state index in [2.05, 4.69) is 43.2 Å². The summed E-state index contributed by atoms with van der Waals surface area (Å²) in [6.45, 7) is 5.24. The van der Waals surface area contributed by atoms with Crippen LogP contribution in [0.15, 0.2) is 60.0 Å². The highest BCUT2D eigenvalue weighted by atomic mass is 15.2. The highest BCUT2D eigenvalue weighted by Gasteiger charge is 2.02. The van der Waals surface area contributed by atoms with Crippen LogP contribution in [-0.2, 0) is 13.1 Å². The molecular weight excluding hydrogens is 312 g/mol. The summed E-state index contributed by atoms with van der Waals surface area (Å²) in [7, 11) is 0. The molecule has 0 saturated carbocycles. The third kappa shape index (κ3) is 4.79. The molecule has 0 aliphatic heterocycles. The van der Waals surface area contributed by atoms with Gasteiger partial charge < -0.3 is 15.2 Å². The van der Waals surface area contributed by atoms with Crippen molar-refractivity contribution in [2.75, 3.05) is 13.1 Å². The van der Waals surface area contributed by atoms with Crippen molar-refractivity contribution < 1.29 is 0 Å². The Morgan fingerprint density at radius 1 is 1.08 bits per heavy atom. The predicted octanol–water partition coefficient (Wildman–Crippen LogP) is 2.58. The molecule has 0 fully saturated rings. The summed E-state index contributed by atoms with van der Waals surface area (Å²) in [6, 6.07) is 14.1. The van der Waals surface area contributed by atoms with Gasteiger partial charge in [-0.1, -0.05) is 18.2 Å². The fraction of sp³-hybridized carbons (Fsp3) is 0.316. The molecule has 2 N–H and O–H groups in total. The summed E-state index contributed by atoms with van der Waals surface area (Å²) in [5.74, 6) is 0.823. The fourth-order valence-electron chi connectivity index (χ4n) is 2.64. The lowest BCUT2D eigenvalue weighted by atomic mass is 10.3. The average Bonchev–Trinajstić information content (AvgIpc) is 3.07. The van der Waals surface area contributed by atoms with Crippen LogP contribution in [0.25, 0.3) is 11.0 Å². The maximum Gasteiger partial charge on any atom is 0.191 e. The number of fused-ring (bicyclic) bond motifs is 1. The number of aryl methyl sites for hydroxylation is 1. The number of para-hydroxylation sites is 2. The number of aromatic nitrogens is 3. The van der Waals surface area contributed by atoms with Gasteiger partial charge in [-0.05, 0) is 37.6 Å². The minimum atomic E-state index is 0.572. The highest BCUT2D eigenvalue weighted by molar-refractivity contribution is 5.79. The monoisotopic (exact) mass is 336 g/mol. The number of hydrogen-bond acceptors (Lipinski definition) is 3.